The Bertz CT molecular complexity index is 469. The smallest absolute Gasteiger partial charge is 0.0977 e. The molecule has 0 spiro atoms. The SMILES string of the molecule is CC1(C)CC[C@@H](O)[C@@]2(C)C(c3ccoc3)=CC[C@@H]12. The summed E-state index contributed by atoms with van der Waals surface area (Å²) in [6.07, 6.45) is 8.67. The second-order valence-corrected chi connectivity index (χ2v) is 6.74. The highest BCUT2D eigenvalue weighted by molar-refractivity contribution is 5.73. The van der Waals surface area contributed by atoms with Crippen LogP contribution in [0.25, 0.3) is 5.57 Å². The summed E-state index contributed by atoms with van der Waals surface area (Å²) in [6.45, 7) is 6.91. The quantitative estimate of drug-likeness (QED) is 0.816. The molecule has 0 unspecified atom stereocenters. The third-order valence-electron chi connectivity index (χ3n) is 5.39. The molecule has 0 bridgehead atoms. The van der Waals surface area contributed by atoms with Crippen molar-refractivity contribution in [2.75, 3.05) is 0 Å². The fourth-order valence-corrected chi connectivity index (χ4v) is 4.26. The molecule has 3 atom stereocenters. The van der Waals surface area contributed by atoms with Gasteiger partial charge in [0.1, 0.15) is 0 Å². The number of fused-ring (bicyclic) bond motifs is 1. The number of rotatable bonds is 1. The standard InChI is InChI=1S/C16H22O2/c1-15(2)8-6-14(17)16(3)12(4-5-13(15)16)11-7-9-18-10-11/h4,7,9-10,13-14,17H,5-6,8H2,1-3H3/t13-,14+,16-/m0/s1. The predicted octanol–water partition coefficient (Wildman–Crippen LogP) is 3.87. The lowest BCUT2D eigenvalue weighted by Crippen LogP contribution is -2.48. The lowest BCUT2D eigenvalue weighted by atomic mass is 9.54. The lowest BCUT2D eigenvalue weighted by molar-refractivity contribution is -0.0561. The first kappa shape index (κ1) is 12.0. The third kappa shape index (κ3) is 1.45. The Morgan fingerprint density at radius 1 is 1.33 bits per heavy atom. The minimum absolute atomic E-state index is 0.119. The van der Waals surface area contributed by atoms with E-state index in [-0.39, 0.29) is 11.5 Å². The van der Waals surface area contributed by atoms with Crippen molar-refractivity contribution < 1.29 is 9.52 Å². The van der Waals surface area contributed by atoms with Crippen LogP contribution in [0.3, 0.4) is 0 Å². The van der Waals surface area contributed by atoms with E-state index in [1.54, 1.807) is 12.5 Å². The van der Waals surface area contributed by atoms with Gasteiger partial charge in [0.2, 0.25) is 0 Å². The molecule has 98 valence electrons. The van der Waals surface area contributed by atoms with Crippen LogP contribution in [-0.2, 0) is 0 Å². The van der Waals surface area contributed by atoms with Gasteiger partial charge in [-0.05, 0) is 42.2 Å². The summed E-state index contributed by atoms with van der Waals surface area (Å²) in [5.74, 6) is 0.527. The zero-order valence-electron chi connectivity index (χ0n) is 11.4. The Kier molecular flexibility index (Phi) is 2.50. The Labute approximate surface area is 109 Å². The number of aliphatic hydroxyl groups is 1. The monoisotopic (exact) mass is 246 g/mol. The van der Waals surface area contributed by atoms with Crippen molar-refractivity contribution in [3.8, 4) is 0 Å². The van der Waals surface area contributed by atoms with Crippen LogP contribution < -0.4 is 0 Å². The summed E-state index contributed by atoms with van der Waals surface area (Å²) < 4.78 is 5.22. The highest BCUT2D eigenvalue weighted by Gasteiger charge is 2.55. The van der Waals surface area contributed by atoms with Crippen LogP contribution in [0.4, 0.5) is 0 Å². The molecule has 1 fully saturated rings. The highest BCUT2D eigenvalue weighted by Crippen LogP contribution is 2.61. The molecule has 1 aromatic rings. The molecule has 0 aliphatic heterocycles. The van der Waals surface area contributed by atoms with Crippen LogP contribution in [0.15, 0.2) is 29.1 Å². The van der Waals surface area contributed by atoms with E-state index in [1.165, 1.54) is 5.57 Å². The van der Waals surface area contributed by atoms with Gasteiger partial charge in [0.15, 0.2) is 0 Å². The largest absolute Gasteiger partial charge is 0.472 e. The molecule has 2 nitrogen and oxygen atoms in total. The van der Waals surface area contributed by atoms with Crippen LogP contribution in [0.5, 0.6) is 0 Å². The van der Waals surface area contributed by atoms with Gasteiger partial charge in [-0.2, -0.15) is 0 Å². The van der Waals surface area contributed by atoms with Crippen molar-refractivity contribution in [3.63, 3.8) is 0 Å². The van der Waals surface area contributed by atoms with E-state index in [2.05, 4.69) is 26.8 Å². The first-order valence-corrected chi connectivity index (χ1v) is 6.87. The van der Waals surface area contributed by atoms with Crippen LogP contribution in [0, 0.1) is 16.7 Å². The normalized spacial score (nSPS) is 38.3. The van der Waals surface area contributed by atoms with E-state index in [0.29, 0.717) is 11.3 Å². The molecule has 1 saturated carbocycles. The van der Waals surface area contributed by atoms with Gasteiger partial charge in [-0.25, -0.2) is 0 Å². The molecular weight excluding hydrogens is 224 g/mol. The maximum Gasteiger partial charge on any atom is 0.0977 e. The molecule has 1 N–H and O–H groups in total. The molecule has 18 heavy (non-hydrogen) atoms. The highest BCUT2D eigenvalue weighted by atomic mass is 16.3. The second-order valence-electron chi connectivity index (χ2n) is 6.74. The van der Waals surface area contributed by atoms with Gasteiger partial charge in [-0.1, -0.05) is 26.8 Å². The molecule has 1 heterocycles. The zero-order chi connectivity index (χ0) is 13.0. The van der Waals surface area contributed by atoms with Crippen molar-refractivity contribution in [3.05, 3.63) is 30.2 Å². The predicted molar refractivity (Wildman–Crippen MR) is 71.9 cm³/mol. The van der Waals surface area contributed by atoms with E-state index in [0.717, 1.165) is 24.8 Å². The van der Waals surface area contributed by atoms with Gasteiger partial charge in [0.05, 0.1) is 18.6 Å². The Hall–Kier alpha value is -1.02. The Morgan fingerprint density at radius 2 is 2.11 bits per heavy atom. The summed E-state index contributed by atoms with van der Waals surface area (Å²) in [4.78, 5) is 0. The van der Waals surface area contributed by atoms with Gasteiger partial charge in [0, 0.05) is 11.0 Å². The number of hydrogen-bond donors (Lipinski definition) is 1. The number of allylic oxidation sites excluding steroid dienone is 1. The maximum atomic E-state index is 10.6. The van der Waals surface area contributed by atoms with E-state index in [1.807, 2.05) is 6.07 Å². The average Bonchev–Trinajstić information content (AvgIpc) is 2.91. The third-order valence-corrected chi connectivity index (χ3v) is 5.39. The van der Waals surface area contributed by atoms with E-state index in [4.69, 9.17) is 4.42 Å². The minimum atomic E-state index is -0.237. The maximum absolute atomic E-state index is 10.6. The first-order valence-electron chi connectivity index (χ1n) is 6.87. The van der Waals surface area contributed by atoms with Crippen molar-refractivity contribution >= 4 is 5.57 Å². The molecule has 2 aliphatic rings. The topological polar surface area (TPSA) is 33.4 Å². The average molecular weight is 246 g/mol. The first-order chi connectivity index (χ1) is 8.46. The molecular formula is C16H22O2. The summed E-state index contributed by atoms with van der Waals surface area (Å²) in [5, 5.41) is 10.6. The van der Waals surface area contributed by atoms with E-state index in [9.17, 15) is 5.11 Å². The van der Waals surface area contributed by atoms with Gasteiger partial charge in [-0.15, -0.1) is 0 Å². The van der Waals surface area contributed by atoms with Gasteiger partial charge in [-0.3, -0.25) is 0 Å². The molecule has 0 saturated heterocycles. The van der Waals surface area contributed by atoms with Crippen LogP contribution in [0.2, 0.25) is 0 Å². The van der Waals surface area contributed by atoms with Crippen LogP contribution in [0.1, 0.15) is 45.6 Å². The number of aliphatic hydroxyl groups excluding tert-OH is 1. The lowest BCUT2D eigenvalue weighted by Gasteiger charge is -2.51. The van der Waals surface area contributed by atoms with Crippen molar-refractivity contribution in [1.82, 2.24) is 0 Å². The molecule has 0 amide bonds. The van der Waals surface area contributed by atoms with Gasteiger partial charge >= 0.3 is 0 Å². The summed E-state index contributed by atoms with van der Waals surface area (Å²) in [5.41, 5.74) is 2.60. The summed E-state index contributed by atoms with van der Waals surface area (Å²) in [6, 6.07) is 2.01. The van der Waals surface area contributed by atoms with Crippen molar-refractivity contribution in [2.24, 2.45) is 16.7 Å². The second kappa shape index (κ2) is 3.74. The van der Waals surface area contributed by atoms with E-state index >= 15 is 0 Å². The number of hydrogen-bond acceptors (Lipinski definition) is 2. The van der Waals surface area contributed by atoms with Crippen molar-refractivity contribution in [1.29, 1.82) is 0 Å². The molecule has 2 aliphatic carbocycles. The van der Waals surface area contributed by atoms with Gasteiger partial charge < -0.3 is 9.52 Å². The molecule has 0 radical (unpaired) electrons. The van der Waals surface area contributed by atoms with Crippen LogP contribution in [-0.4, -0.2) is 11.2 Å². The molecule has 2 heteroatoms. The van der Waals surface area contributed by atoms with E-state index < -0.39 is 0 Å². The molecule has 3 rings (SSSR count). The van der Waals surface area contributed by atoms with Crippen molar-refractivity contribution in [2.45, 2.75) is 46.1 Å². The minimum Gasteiger partial charge on any atom is -0.472 e. The molecule has 0 aromatic carbocycles. The fourth-order valence-electron chi connectivity index (χ4n) is 4.26. The fraction of sp³-hybridized carbons (Fsp3) is 0.625. The molecule has 1 aromatic heterocycles. The van der Waals surface area contributed by atoms with Gasteiger partial charge in [0.25, 0.3) is 0 Å². The zero-order valence-corrected chi connectivity index (χ0v) is 11.4. The Balaban J connectivity index is 2.05. The Morgan fingerprint density at radius 3 is 2.78 bits per heavy atom. The summed E-state index contributed by atoms with van der Waals surface area (Å²) >= 11 is 0. The number of furan rings is 1. The van der Waals surface area contributed by atoms with Crippen LogP contribution >= 0.6 is 0 Å². The summed E-state index contributed by atoms with van der Waals surface area (Å²) in [7, 11) is 0.